The highest BCUT2D eigenvalue weighted by atomic mass is 35.5. The smallest absolute Gasteiger partial charge is 0.229 e. The van der Waals surface area contributed by atoms with Gasteiger partial charge in [0, 0.05) is 43.2 Å². The average Bonchev–Trinajstić information content (AvgIpc) is 2.77. The summed E-state index contributed by atoms with van der Waals surface area (Å²) in [6.45, 7) is 8.62. The third-order valence-electron chi connectivity index (χ3n) is 5.57. The highest BCUT2D eigenvalue weighted by molar-refractivity contribution is 6.32. The standard InChI is InChI=1S/C24H29ClN6/c1-17(2)20-6-4-5-7-22(20)28-23-21(25)16-26-24(29-23)27-18-8-10-19(11-9-18)31-14-12-30(3)13-15-31/h4-11,16-17H,12-15H2,1-3H3,(H2,26,27,28,29). The number of nitrogens with zero attached hydrogens (tertiary/aromatic N) is 4. The Morgan fingerprint density at radius 3 is 2.35 bits per heavy atom. The molecule has 2 heterocycles. The van der Waals surface area contributed by atoms with Crippen LogP contribution >= 0.6 is 11.6 Å². The number of benzene rings is 2. The SMILES string of the molecule is CC(C)c1ccccc1Nc1nc(Nc2ccc(N3CCN(C)CC3)cc2)ncc1Cl. The average molecular weight is 437 g/mol. The van der Waals surface area contributed by atoms with E-state index in [1.807, 2.05) is 18.2 Å². The molecular weight excluding hydrogens is 408 g/mol. The van der Waals surface area contributed by atoms with E-state index in [0.29, 0.717) is 22.7 Å². The first-order chi connectivity index (χ1) is 15.0. The first kappa shape index (κ1) is 21.4. The predicted octanol–water partition coefficient (Wildman–Crippen LogP) is 5.49. The van der Waals surface area contributed by atoms with E-state index >= 15 is 0 Å². The first-order valence-corrected chi connectivity index (χ1v) is 11.1. The summed E-state index contributed by atoms with van der Waals surface area (Å²) in [5, 5.41) is 7.14. The molecule has 0 unspecified atom stereocenters. The zero-order valence-electron chi connectivity index (χ0n) is 18.3. The van der Waals surface area contributed by atoms with Gasteiger partial charge in [0.2, 0.25) is 5.95 Å². The third kappa shape index (κ3) is 5.27. The summed E-state index contributed by atoms with van der Waals surface area (Å²) in [5.74, 6) is 1.48. The van der Waals surface area contributed by atoms with Crippen molar-refractivity contribution in [1.82, 2.24) is 14.9 Å². The van der Waals surface area contributed by atoms with Crippen LogP contribution in [-0.2, 0) is 0 Å². The molecule has 1 saturated heterocycles. The lowest BCUT2D eigenvalue weighted by Crippen LogP contribution is -2.44. The molecule has 0 saturated carbocycles. The van der Waals surface area contributed by atoms with Gasteiger partial charge in [0.1, 0.15) is 5.02 Å². The van der Waals surface area contributed by atoms with Crippen LogP contribution in [0.15, 0.2) is 54.7 Å². The molecule has 0 spiro atoms. The highest BCUT2D eigenvalue weighted by Gasteiger charge is 2.14. The van der Waals surface area contributed by atoms with E-state index in [2.05, 4.69) is 81.6 Å². The summed E-state index contributed by atoms with van der Waals surface area (Å²) in [5.41, 5.74) is 4.39. The minimum atomic E-state index is 0.390. The van der Waals surface area contributed by atoms with Gasteiger partial charge in [-0.2, -0.15) is 4.98 Å². The van der Waals surface area contributed by atoms with E-state index in [0.717, 1.165) is 37.6 Å². The van der Waals surface area contributed by atoms with Crippen LogP contribution < -0.4 is 15.5 Å². The minimum absolute atomic E-state index is 0.390. The summed E-state index contributed by atoms with van der Waals surface area (Å²) in [4.78, 5) is 13.7. The quantitative estimate of drug-likeness (QED) is 0.532. The van der Waals surface area contributed by atoms with E-state index in [1.54, 1.807) is 6.20 Å². The van der Waals surface area contributed by atoms with Crippen molar-refractivity contribution in [3.05, 3.63) is 65.3 Å². The lowest BCUT2D eigenvalue weighted by molar-refractivity contribution is 0.313. The lowest BCUT2D eigenvalue weighted by atomic mass is 10.0. The molecule has 4 rings (SSSR count). The summed E-state index contributed by atoms with van der Waals surface area (Å²) in [6.07, 6.45) is 1.62. The van der Waals surface area contributed by atoms with Crippen LogP contribution in [0.3, 0.4) is 0 Å². The fraction of sp³-hybridized carbons (Fsp3) is 0.333. The van der Waals surface area contributed by atoms with Gasteiger partial charge >= 0.3 is 0 Å². The molecule has 3 aromatic rings. The Kier molecular flexibility index (Phi) is 6.59. The lowest BCUT2D eigenvalue weighted by Gasteiger charge is -2.34. The molecule has 2 N–H and O–H groups in total. The van der Waals surface area contributed by atoms with Gasteiger partial charge in [-0.25, -0.2) is 4.98 Å². The Bertz CT molecular complexity index is 1010. The summed E-state index contributed by atoms with van der Waals surface area (Å²) in [6, 6.07) is 16.6. The molecule has 0 atom stereocenters. The number of nitrogens with one attached hydrogen (secondary N) is 2. The fourth-order valence-electron chi connectivity index (χ4n) is 3.71. The Morgan fingerprint density at radius 1 is 0.935 bits per heavy atom. The predicted molar refractivity (Wildman–Crippen MR) is 130 cm³/mol. The van der Waals surface area contributed by atoms with Gasteiger partial charge in [-0.3, -0.25) is 0 Å². The Labute approximate surface area is 189 Å². The van der Waals surface area contributed by atoms with Crippen molar-refractivity contribution < 1.29 is 0 Å². The normalized spacial score (nSPS) is 14.7. The maximum atomic E-state index is 6.37. The van der Waals surface area contributed by atoms with Crippen molar-refractivity contribution in [1.29, 1.82) is 0 Å². The second-order valence-electron chi connectivity index (χ2n) is 8.22. The first-order valence-electron chi connectivity index (χ1n) is 10.7. The Morgan fingerprint density at radius 2 is 1.65 bits per heavy atom. The van der Waals surface area contributed by atoms with E-state index in [-0.39, 0.29) is 0 Å². The van der Waals surface area contributed by atoms with Crippen molar-refractivity contribution in [3.8, 4) is 0 Å². The van der Waals surface area contributed by atoms with Crippen LogP contribution in [-0.4, -0.2) is 48.1 Å². The number of hydrogen-bond acceptors (Lipinski definition) is 6. The van der Waals surface area contributed by atoms with Crippen LogP contribution in [0.25, 0.3) is 0 Å². The Hall–Kier alpha value is -2.83. The second-order valence-corrected chi connectivity index (χ2v) is 8.63. The van der Waals surface area contributed by atoms with Crippen LogP contribution in [0.4, 0.5) is 28.8 Å². The van der Waals surface area contributed by atoms with Gasteiger partial charge in [-0.1, -0.05) is 43.6 Å². The van der Waals surface area contributed by atoms with E-state index in [9.17, 15) is 0 Å². The van der Waals surface area contributed by atoms with Crippen LogP contribution in [0.5, 0.6) is 0 Å². The van der Waals surface area contributed by atoms with Crippen LogP contribution in [0, 0.1) is 0 Å². The molecule has 1 aliphatic rings. The number of halogens is 1. The van der Waals surface area contributed by atoms with Crippen molar-refractivity contribution in [2.75, 3.05) is 48.8 Å². The van der Waals surface area contributed by atoms with E-state index in [4.69, 9.17) is 11.6 Å². The number of aromatic nitrogens is 2. The van der Waals surface area contributed by atoms with Gasteiger partial charge in [-0.05, 0) is 48.9 Å². The van der Waals surface area contributed by atoms with Crippen molar-refractivity contribution in [2.45, 2.75) is 19.8 Å². The van der Waals surface area contributed by atoms with Gasteiger partial charge in [0.05, 0.1) is 6.20 Å². The minimum Gasteiger partial charge on any atom is -0.369 e. The molecule has 1 aliphatic heterocycles. The molecule has 0 amide bonds. The maximum absolute atomic E-state index is 6.37. The monoisotopic (exact) mass is 436 g/mol. The molecule has 0 bridgehead atoms. The molecule has 6 nitrogen and oxygen atoms in total. The molecule has 1 fully saturated rings. The number of likely N-dealkylation sites (N-methyl/N-ethyl adjacent to an activating group) is 1. The highest BCUT2D eigenvalue weighted by Crippen LogP contribution is 2.30. The largest absolute Gasteiger partial charge is 0.369 e. The number of para-hydroxylation sites is 1. The zero-order chi connectivity index (χ0) is 21.8. The summed E-state index contributed by atoms with van der Waals surface area (Å²) in [7, 11) is 2.17. The molecule has 2 aromatic carbocycles. The van der Waals surface area contributed by atoms with Crippen molar-refractivity contribution in [2.24, 2.45) is 0 Å². The number of hydrogen-bond donors (Lipinski definition) is 2. The fourth-order valence-corrected chi connectivity index (χ4v) is 3.84. The molecule has 7 heteroatoms. The summed E-state index contributed by atoms with van der Waals surface area (Å²) >= 11 is 6.37. The Balaban J connectivity index is 1.47. The van der Waals surface area contributed by atoms with Crippen molar-refractivity contribution in [3.63, 3.8) is 0 Å². The number of anilines is 5. The van der Waals surface area contributed by atoms with Gasteiger partial charge in [0.25, 0.3) is 0 Å². The third-order valence-corrected chi connectivity index (χ3v) is 5.85. The van der Waals surface area contributed by atoms with Gasteiger partial charge in [0.15, 0.2) is 5.82 Å². The van der Waals surface area contributed by atoms with Gasteiger partial charge < -0.3 is 20.4 Å². The number of piperazine rings is 1. The molecular formula is C24H29ClN6. The molecule has 31 heavy (non-hydrogen) atoms. The molecule has 0 aliphatic carbocycles. The van der Waals surface area contributed by atoms with E-state index < -0.39 is 0 Å². The molecule has 0 radical (unpaired) electrons. The second kappa shape index (κ2) is 9.54. The number of rotatable bonds is 6. The molecule has 1 aromatic heterocycles. The molecule has 162 valence electrons. The topological polar surface area (TPSA) is 56.3 Å². The summed E-state index contributed by atoms with van der Waals surface area (Å²) < 4.78 is 0. The van der Waals surface area contributed by atoms with E-state index in [1.165, 1.54) is 11.3 Å². The van der Waals surface area contributed by atoms with Crippen molar-refractivity contribution >= 4 is 40.4 Å². The van der Waals surface area contributed by atoms with Crippen LogP contribution in [0.1, 0.15) is 25.3 Å². The zero-order valence-corrected chi connectivity index (χ0v) is 19.0. The van der Waals surface area contributed by atoms with Crippen LogP contribution in [0.2, 0.25) is 5.02 Å². The van der Waals surface area contributed by atoms with Gasteiger partial charge in [-0.15, -0.1) is 0 Å². The maximum Gasteiger partial charge on any atom is 0.229 e.